The van der Waals surface area contributed by atoms with Gasteiger partial charge in [0.15, 0.2) is 0 Å². The first kappa shape index (κ1) is 13.3. The summed E-state index contributed by atoms with van der Waals surface area (Å²) in [5, 5.41) is 7.38. The van der Waals surface area contributed by atoms with E-state index in [0.717, 1.165) is 18.8 Å². The van der Waals surface area contributed by atoms with Gasteiger partial charge in [-0.1, -0.05) is 0 Å². The SMILES string of the molecule is CC(C)Oc1cc(NCCc2cnn(C)c2)ncn1. The number of nitrogens with zero attached hydrogens (tertiary/aromatic N) is 4. The van der Waals surface area contributed by atoms with Gasteiger partial charge in [-0.15, -0.1) is 0 Å². The lowest BCUT2D eigenvalue weighted by Gasteiger charge is -2.09. The number of rotatable bonds is 6. The van der Waals surface area contributed by atoms with Gasteiger partial charge in [-0.25, -0.2) is 9.97 Å². The number of nitrogens with one attached hydrogen (secondary N) is 1. The molecule has 0 bridgehead atoms. The zero-order valence-corrected chi connectivity index (χ0v) is 11.5. The highest BCUT2D eigenvalue weighted by Crippen LogP contribution is 2.12. The van der Waals surface area contributed by atoms with Gasteiger partial charge in [-0.3, -0.25) is 4.68 Å². The molecular formula is C13H19N5O. The summed E-state index contributed by atoms with van der Waals surface area (Å²) in [5.74, 6) is 1.36. The van der Waals surface area contributed by atoms with Crippen molar-refractivity contribution in [3.8, 4) is 5.88 Å². The average molecular weight is 261 g/mol. The van der Waals surface area contributed by atoms with Crippen molar-refractivity contribution in [3.63, 3.8) is 0 Å². The van der Waals surface area contributed by atoms with E-state index in [4.69, 9.17) is 4.74 Å². The number of anilines is 1. The van der Waals surface area contributed by atoms with Gasteiger partial charge in [0.2, 0.25) is 5.88 Å². The molecule has 0 aliphatic rings. The van der Waals surface area contributed by atoms with Crippen LogP contribution >= 0.6 is 0 Å². The predicted molar refractivity (Wildman–Crippen MR) is 73.2 cm³/mol. The van der Waals surface area contributed by atoms with Gasteiger partial charge in [0.05, 0.1) is 12.3 Å². The first-order chi connectivity index (χ1) is 9.13. The van der Waals surface area contributed by atoms with E-state index in [9.17, 15) is 0 Å². The zero-order chi connectivity index (χ0) is 13.7. The molecule has 0 saturated carbocycles. The highest BCUT2D eigenvalue weighted by atomic mass is 16.5. The summed E-state index contributed by atoms with van der Waals surface area (Å²) in [6.45, 7) is 4.74. The molecule has 0 aromatic carbocycles. The summed E-state index contributed by atoms with van der Waals surface area (Å²) < 4.78 is 7.32. The fraction of sp³-hybridized carbons (Fsp3) is 0.462. The third kappa shape index (κ3) is 4.24. The Hall–Kier alpha value is -2.11. The lowest BCUT2D eigenvalue weighted by molar-refractivity contribution is 0.232. The Balaban J connectivity index is 1.85. The Bertz CT molecular complexity index is 523. The molecule has 0 fully saturated rings. The van der Waals surface area contributed by atoms with Gasteiger partial charge in [0.25, 0.3) is 0 Å². The minimum atomic E-state index is 0.109. The van der Waals surface area contributed by atoms with Crippen LogP contribution in [-0.2, 0) is 13.5 Å². The number of aryl methyl sites for hydroxylation is 1. The molecule has 2 heterocycles. The first-order valence-corrected chi connectivity index (χ1v) is 6.33. The van der Waals surface area contributed by atoms with E-state index in [2.05, 4.69) is 20.4 Å². The van der Waals surface area contributed by atoms with Crippen molar-refractivity contribution in [2.75, 3.05) is 11.9 Å². The highest BCUT2D eigenvalue weighted by Gasteiger charge is 2.02. The number of aromatic nitrogens is 4. The molecule has 0 amide bonds. The monoisotopic (exact) mass is 261 g/mol. The molecule has 102 valence electrons. The van der Waals surface area contributed by atoms with Crippen LogP contribution in [-0.4, -0.2) is 32.4 Å². The maximum Gasteiger partial charge on any atom is 0.218 e. The molecule has 0 unspecified atom stereocenters. The second-order valence-corrected chi connectivity index (χ2v) is 4.61. The molecule has 0 aliphatic heterocycles. The summed E-state index contributed by atoms with van der Waals surface area (Å²) in [6, 6.07) is 1.81. The Labute approximate surface area is 112 Å². The van der Waals surface area contributed by atoms with Crippen molar-refractivity contribution in [3.05, 3.63) is 30.4 Å². The summed E-state index contributed by atoms with van der Waals surface area (Å²) in [7, 11) is 1.91. The summed E-state index contributed by atoms with van der Waals surface area (Å²) in [6.07, 6.45) is 6.39. The molecule has 2 aromatic rings. The third-order valence-electron chi connectivity index (χ3n) is 2.48. The maximum absolute atomic E-state index is 5.52. The Kier molecular flexibility index (Phi) is 4.33. The van der Waals surface area contributed by atoms with E-state index in [1.54, 1.807) is 4.68 Å². The van der Waals surface area contributed by atoms with E-state index in [0.29, 0.717) is 5.88 Å². The summed E-state index contributed by atoms with van der Waals surface area (Å²) >= 11 is 0. The first-order valence-electron chi connectivity index (χ1n) is 6.33. The lowest BCUT2D eigenvalue weighted by atomic mass is 10.2. The fourth-order valence-electron chi connectivity index (χ4n) is 1.68. The molecular weight excluding hydrogens is 242 g/mol. The van der Waals surface area contributed by atoms with Crippen LogP contribution in [0.4, 0.5) is 5.82 Å². The van der Waals surface area contributed by atoms with Crippen molar-refractivity contribution in [2.24, 2.45) is 7.05 Å². The summed E-state index contributed by atoms with van der Waals surface area (Å²) in [5.41, 5.74) is 1.20. The molecule has 0 atom stereocenters. The van der Waals surface area contributed by atoms with Crippen LogP contribution in [0.3, 0.4) is 0 Å². The van der Waals surface area contributed by atoms with Crippen LogP contribution in [0.25, 0.3) is 0 Å². The van der Waals surface area contributed by atoms with Gasteiger partial charge >= 0.3 is 0 Å². The third-order valence-corrected chi connectivity index (χ3v) is 2.48. The molecule has 19 heavy (non-hydrogen) atoms. The highest BCUT2D eigenvalue weighted by molar-refractivity contribution is 5.37. The molecule has 2 aromatic heterocycles. The molecule has 2 rings (SSSR count). The quantitative estimate of drug-likeness (QED) is 0.856. The van der Waals surface area contributed by atoms with Crippen LogP contribution < -0.4 is 10.1 Å². The largest absolute Gasteiger partial charge is 0.475 e. The smallest absolute Gasteiger partial charge is 0.218 e. The molecule has 0 radical (unpaired) electrons. The van der Waals surface area contributed by atoms with Gasteiger partial charge in [0.1, 0.15) is 12.1 Å². The van der Waals surface area contributed by atoms with Gasteiger partial charge in [0, 0.05) is 25.9 Å². The van der Waals surface area contributed by atoms with Crippen molar-refractivity contribution in [2.45, 2.75) is 26.4 Å². The number of hydrogen-bond donors (Lipinski definition) is 1. The molecule has 0 saturated heterocycles. The van der Waals surface area contributed by atoms with Crippen molar-refractivity contribution >= 4 is 5.82 Å². The second-order valence-electron chi connectivity index (χ2n) is 4.61. The Morgan fingerprint density at radius 1 is 1.37 bits per heavy atom. The number of hydrogen-bond acceptors (Lipinski definition) is 5. The van der Waals surface area contributed by atoms with Gasteiger partial charge in [-0.2, -0.15) is 5.10 Å². The normalized spacial score (nSPS) is 10.7. The second kappa shape index (κ2) is 6.17. The van der Waals surface area contributed by atoms with Crippen molar-refractivity contribution < 1.29 is 4.74 Å². The fourth-order valence-corrected chi connectivity index (χ4v) is 1.68. The molecule has 0 spiro atoms. The Morgan fingerprint density at radius 3 is 2.89 bits per heavy atom. The minimum Gasteiger partial charge on any atom is -0.475 e. The van der Waals surface area contributed by atoms with Crippen LogP contribution in [0.15, 0.2) is 24.8 Å². The lowest BCUT2D eigenvalue weighted by Crippen LogP contribution is -2.09. The van der Waals surface area contributed by atoms with Crippen LogP contribution in [0.2, 0.25) is 0 Å². The van der Waals surface area contributed by atoms with Crippen molar-refractivity contribution in [1.29, 1.82) is 0 Å². The number of ether oxygens (including phenoxy) is 1. The van der Waals surface area contributed by atoms with Crippen molar-refractivity contribution in [1.82, 2.24) is 19.7 Å². The predicted octanol–water partition coefficient (Wildman–Crippen LogP) is 1.65. The van der Waals surface area contributed by atoms with Gasteiger partial charge < -0.3 is 10.1 Å². The van der Waals surface area contributed by atoms with Crippen LogP contribution in [0, 0.1) is 0 Å². The topological polar surface area (TPSA) is 64.9 Å². The van der Waals surface area contributed by atoms with Crippen LogP contribution in [0.1, 0.15) is 19.4 Å². The van der Waals surface area contributed by atoms with E-state index in [1.807, 2.05) is 39.4 Å². The molecule has 6 heteroatoms. The molecule has 6 nitrogen and oxygen atoms in total. The molecule has 0 aliphatic carbocycles. The van der Waals surface area contributed by atoms with E-state index in [1.165, 1.54) is 11.9 Å². The van der Waals surface area contributed by atoms with Gasteiger partial charge in [-0.05, 0) is 25.8 Å². The van der Waals surface area contributed by atoms with E-state index in [-0.39, 0.29) is 6.10 Å². The maximum atomic E-state index is 5.52. The molecule has 1 N–H and O–H groups in total. The average Bonchev–Trinajstić information content (AvgIpc) is 2.75. The van der Waals surface area contributed by atoms with Crippen LogP contribution in [0.5, 0.6) is 5.88 Å². The minimum absolute atomic E-state index is 0.109. The zero-order valence-electron chi connectivity index (χ0n) is 11.5. The van der Waals surface area contributed by atoms with E-state index >= 15 is 0 Å². The summed E-state index contributed by atoms with van der Waals surface area (Å²) in [4.78, 5) is 8.22. The Morgan fingerprint density at radius 2 is 2.21 bits per heavy atom. The standard InChI is InChI=1S/C13H19N5O/c1-10(2)19-13-6-12(15-9-16-13)14-5-4-11-7-17-18(3)8-11/h6-10H,4-5H2,1-3H3,(H,14,15,16). The van der Waals surface area contributed by atoms with E-state index < -0.39 is 0 Å².